The zero-order valence-electron chi connectivity index (χ0n) is 15.7. The lowest BCUT2D eigenvalue weighted by atomic mass is 9.89. The number of benzene rings is 1. The average Bonchev–Trinajstić information content (AvgIpc) is 2.68. The van der Waals surface area contributed by atoms with Crippen molar-refractivity contribution < 1.29 is 9.53 Å². The molecule has 3 aliphatic rings. The Labute approximate surface area is 165 Å². The molecule has 27 heavy (non-hydrogen) atoms. The van der Waals surface area contributed by atoms with Crippen molar-refractivity contribution in [2.75, 3.05) is 0 Å². The van der Waals surface area contributed by atoms with E-state index in [9.17, 15) is 4.79 Å². The first-order valence-corrected chi connectivity index (χ1v) is 10.6. The molecule has 4 rings (SSSR count). The first kappa shape index (κ1) is 18.2. The molecule has 3 nitrogen and oxygen atoms in total. The summed E-state index contributed by atoms with van der Waals surface area (Å²) < 4.78 is 6.31. The van der Waals surface area contributed by atoms with E-state index in [1.807, 2.05) is 13.0 Å². The van der Waals surface area contributed by atoms with Gasteiger partial charge in [0.05, 0.1) is 0 Å². The number of carbonyl (C=O) groups excluding carboxylic acids is 1. The largest absolute Gasteiger partial charge is 0.461 e. The minimum atomic E-state index is 0.110. The molecule has 2 aliphatic carbocycles. The van der Waals surface area contributed by atoms with Crippen molar-refractivity contribution in [3.63, 3.8) is 0 Å². The molecule has 0 saturated heterocycles. The van der Waals surface area contributed by atoms with Crippen molar-refractivity contribution in [3.8, 4) is 0 Å². The number of rotatable bonds is 5. The second-order valence-electron chi connectivity index (χ2n) is 7.07. The molecule has 1 aliphatic heterocycles. The molecular formula is C23H25NO2S. The quantitative estimate of drug-likeness (QED) is 0.684. The third-order valence-corrected chi connectivity index (χ3v) is 6.19. The Morgan fingerprint density at radius 3 is 2.74 bits per heavy atom. The number of fused-ring (bicyclic) bond motifs is 1. The van der Waals surface area contributed by atoms with Crippen LogP contribution < -0.4 is 5.32 Å². The van der Waals surface area contributed by atoms with E-state index < -0.39 is 0 Å². The van der Waals surface area contributed by atoms with Crippen LogP contribution in [0.4, 0.5) is 0 Å². The maximum Gasteiger partial charge on any atom is 0.224 e. The predicted molar refractivity (Wildman–Crippen MR) is 110 cm³/mol. The minimum absolute atomic E-state index is 0.110. The van der Waals surface area contributed by atoms with Gasteiger partial charge in [0.15, 0.2) is 0 Å². The molecule has 1 amide bonds. The summed E-state index contributed by atoms with van der Waals surface area (Å²) >= 11 is 1.81. The number of thioether (sulfide) groups is 1. The minimum Gasteiger partial charge on any atom is -0.461 e. The molecule has 1 aromatic carbocycles. The first-order chi connectivity index (χ1) is 13.2. The van der Waals surface area contributed by atoms with Gasteiger partial charge in [0.2, 0.25) is 5.91 Å². The second-order valence-corrected chi connectivity index (χ2v) is 8.18. The molecule has 0 radical (unpaired) electrons. The van der Waals surface area contributed by atoms with E-state index in [0.29, 0.717) is 6.42 Å². The fourth-order valence-electron chi connectivity index (χ4n) is 3.74. The second kappa shape index (κ2) is 8.22. The summed E-state index contributed by atoms with van der Waals surface area (Å²) in [5.41, 5.74) is 3.49. The molecule has 0 unspecified atom stereocenters. The Morgan fingerprint density at radius 1 is 1.11 bits per heavy atom. The Hall–Kier alpha value is -2.20. The topological polar surface area (TPSA) is 38.3 Å². The van der Waals surface area contributed by atoms with E-state index in [2.05, 4.69) is 41.7 Å². The van der Waals surface area contributed by atoms with Crippen LogP contribution in [-0.2, 0) is 9.53 Å². The number of allylic oxidation sites excluding steroid dienone is 6. The monoisotopic (exact) mass is 379 g/mol. The van der Waals surface area contributed by atoms with Crippen LogP contribution >= 0.6 is 11.8 Å². The van der Waals surface area contributed by atoms with E-state index in [-0.39, 0.29) is 5.91 Å². The summed E-state index contributed by atoms with van der Waals surface area (Å²) in [5.74, 6) is 2.17. The lowest BCUT2D eigenvalue weighted by molar-refractivity contribution is -0.120. The number of hydrogen-bond acceptors (Lipinski definition) is 3. The Bertz CT molecular complexity index is 862. The summed E-state index contributed by atoms with van der Waals surface area (Å²) in [4.78, 5) is 14.7. The highest BCUT2D eigenvalue weighted by Crippen LogP contribution is 2.46. The molecule has 0 saturated carbocycles. The fraction of sp³-hybridized carbons (Fsp3) is 0.348. The van der Waals surface area contributed by atoms with E-state index in [1.54, 1.807) is 11.8 Å². The van der Waals surface area contributed by atoms with E-state index in [0.717, 1.165) is 61.3 Å². The third kappa shape index (κ3) is 4.06. The molecule has 1 heterocycles. The highest BCUT2D eigenvalue weighted by atomic mass is 32.2. The fourth-order valence-corrected chi connectivity index (χ4v) is 4.79. The Kier molecular flexibility index (Phi) is 5.53. The number of carbonyl (C=O) groups is 1. The standard InChI is InChI=1S/C23H25NO2S/c1-2-8-23(25)24-19-11-6-12-20-17(19)15-18-21(26-20)13-7-14-22(18)27-16-9-4-3-5-10-16/h3-5,9-10,12,14H,2,6-8,11,13,15H2,1H3,(H,24,25). The summed E-state index contributed by atoms with van der Waals surface area (Å²) in [6.07, 6.45) is 10.6. The van der Waals surface area contributed by atoms with Gasteiger partial charge < -0.3 is 10.1 Å². The van der Waals surface area contributed by atoms with Crippen molar-refractivity contribution in [2.45, 2.75) is 56.8 Å². The van der Waals surface area contributed by atoms with Crippen LogP contribution in [0.15, 0.2) is 80.6 Å². The number of hydrogen-bond donors (Lipinski definition) is 1. The summed E-state index contributed by atoms with van der Waals surface area (Å²) in [5, 5.41) is 3.15. The predicted octanol–water partition coefficient (Wildman–Crippen LogP) is 5.98. The van der Waals surface area contributed by atoms with Crippen molar-refractivity contribution in [3.05, 3.63) is 75.8 Å². The van der Waals surface area contributed by atoms with Crippen molar-refractivity contribution in [1.82, 2.24) is 5.32 Å². The molecule has 0 aromatic heterocycles. The van der Waals surface area contributed by atoms with Gasteiger partial charge in [-0.1, -0.05) is 43.0 Å². The summed E-state index contributed by atoms with van der Waals surface area (Å²) in [7, 11) is 0. The van der Waals surface area contributed by atoms with Gasteiger partial charge in [-0.25, -0.2) is 0 Å². The maximum absolute atomic E-state index is 12.1. The Balaban J connectivity index is 1.61. The van der Waals surface area contributed by atoms with Gasteiger partial charge in [0.1, 0.15) is 11.5 Å². The molecule has 1 N–H and O–H groups in total. The van der Waals surface area contributed by atoms with Crippen LogP contribution in [0.3, 0.4) is 0 Å². The van der Waals surface area contributed by atoms with Gasteiger partial charge in [-0.2, -0.15) is 0 Å². The molecule has 0 bridgehead atoms. The molecule has 0 atom stereocenters. The van der Waals surface area contributed by atoms with Crippen LogP contribution in [-0.4, -0.2) is 5.91 Å². The van der Waals surface area contributed by atoms with Crippen molar-refractivity contribution >= 4 is 17.7 Å². The summed E-state index contributed by atoms with van der Waals surface area (Å²) in [6, 6.07) is 10.5. The lowest BCUT2D eigenvalue weighted by Crippen LogP contribution is -2.27. The van der Waals surface area contributed by atoms with Gasteiger partial charge in [0.25, 0.3) is 0 Å². The van der Waals surface area contributed by atoms with Gasteiger partial charge in [-0.05, 0) is 43.9 Å². The molecule has 0 spiro atoms. The highest BCUT2D eigenvalue weighted by molar-refractivity contribution is 8.03. The summed E-state index contributed by atoms with van der Waals surface area (Å²) in [6.45, 7) is 2.03. The molecule has 0 fully saturated rings. The Morgan fingerprint density at radius 2 is 1.93 bits per heavy atom. The maximum atomic E-state index is 12.1. The van der Waals surface area contributed by atoms with E-state index >= 15 is 0 Å². The van der Waals surface area contributed by atoms with Crippen LogP contribution in [0.1, 0.15) is 51.9 Å². The SMILES string of the molecule is CCCC(=O)NC1=C2CC3=C(CCC=C3Sc3ccccc3)OC2=CCC1. The van der Waals surface area contributed by atoms with E-state index in [4.69, 9.17) is 4.74 Å². The number of amides is 1. The van der Waals surface area contributed by atoms with Gasteiger partial charge >= 0.3 is 0 Å². The highest BCUT2D eigenvalue weighted by Gasteiger charge is 2.30. The molecular weight excluding hydrogens is 354 g/mol. The number of ether oxygens (including phenoxy) is 1. The first-order valence-electron chi connectivity index (χ1n) is 9.80. The van der Waals surface area contributed by atoms with Crippen LogP contribution in [0, 0.1) is 0 Å². The van der Waals surface area contributed by atoms with Gasteiger partial charge in [-0.3, -0.25) is 4.79 Å². The normalized spacial score (nSPS) is 18.9. The average molecular weight is 380 g/mol. The van der Waals surface area contributed by atoms with Crippen LogP contribution in [0.25, 0.3) is 0 Å². The molecule has 1 aromatic rings. The zero-order valence-corrected chi connectivity index (χ0v) is 16.5. The molecule has 140 valence electrons. The van der Waals surface area contributed by atoms with Crippen LogP contribution in [0.5, 0.6) is 0 Å². The van der Waals surface area contributed by atoms with Crippen molar-refractivity contribution in [2.24, 2.45) is 0 Å². The lowest BCUT2D eigenvalue weighted by Gasteiger charge is -2.32. The molecule has 4 heteroatoms. The zero-order chi connectivity index (χ0) is 18.6. The van der Waals surface area contributed by atoms with Gasteiger partial charge in [0, 0.05) is 45.9 Å². The smallest absolute Gasteiger partial charge is 0.224 e. The van der Waals surface area contributed by atoms with E-state index in [1.165, 1.54) is 15.4 Å². The third-order valence-electron chi connectivity index (χ3n) is 5.05. The van der Waals surface area contributed by atoms with Crippen LogP contribution in [0.2, 0.25) is 0 Å². The number of nitrogens with one attached hydrogen (secondary N) is 1. The van der Waals surface area contributed by atoms with Crippen molar-refractivity contribution in [1.29, 1.82) is 0 Å². The van der Waals surface area contributed by atoms with Gasteiger partial charge in [-0.15, -0.1) is 0 Å².